The monoisotopic (exact) mass is 398 g/mol. The molecule has 3 heterocycles. The number of hydrogen-bond acceptors (Lipinski definition) is 5. The van der Waals surface area contributed by atoms with Crippen molar-refractivity contribution >= 4 is 11.6 Å². The largest absolute Gasteiger partial charge is 0.354 e. The molecule has 0 N–H and O–H groups in total. The van der Waals surface area contributed by atoms with Crippen molar-refractivity contribution in [3.63, 3.8) is 0 Å². The van der Waals surface area contributed by atoms with Crippen LogP contribution in [0.5, 0.6) is 0 Å². The molecule has 6 heteroatoms. The van der Waals surface area contributed by atoms with E-state index in [1.54, 1.807) is 0 Å². The van der Waals surface area contributed by atoms with Gasteiger partial charge in [-0.3, -0.25) is 4.90 Å². The maximum absolute atomic E-state index is 4.80. The minimum Gasteiger partial charge on any atom is -0.354 e. The summed E-state index contributed by atoms with van der Waals surface area (Å²) in [4.78, 5) is 14.2. The number of piperazine rings is 1. The fourth-order valence-electron chi connectivity index (χ4n) is 3.99. The summed E-state index contributed by atoms with van der Waals surface area (Å²) in [5, 5.41) is 4.80. The number of aromatic nitrogens is 4. The first-order valence-corrected chi connectivity index (χ1v) is 10.5. The van der Waals surface area contributed by atoms with Gasteiger partial charge in [0.05, 0.1) is 0 Å². The fourth-order valence-corrected chi connectivity index (χ4v) is 3.99. The number of aryl methyl sites for hydroxylation is 2. The number of fused-ring (bicyclic) bond motifs is 1. The lowest BCUT2D eigenvalue weighted by molar-refractivity contribution is 0.249. The lowest BCUT2D eigenvalue weighted by Gasteiger charge is -2.36. The standard InChI is InChI=1S/C24H26N6/c1-18-8-10-21(11-9-18)23-26-24-25-19(2)16-22(30(24)27-23)29-14-12-28(13-15-29)17-20-6-4-3-5-7-20/h3-11,16H,12-15,17H2,1-2H3. The molecule has 1 aliphatic rings. The zero-order chi connectivity index (χ0) is 20.5. The van der Waals surface area contributed by atoms with Crippen molar-refractivity contribution in [2.75, 3.05) is 31.1 Å². The molecule has 0 saturated carbocycles. The molecule has 152 valence electrons. The van der Waals surface area contributed by atoms with E-state index in [9.17, 15) is 0 Å². The molecule has 2 aromatic carbocycles. The molecule has 30 heavy (non-hydrogen) atoms. The maximum atomic E-state index is 4.80. The molecule has 0 amide bonds. The number of nitrogens with zero attached hydrogens (tertiary/aromatic N) is 6. The molecule has 2 aromatic heterocycles. The SMILES string of the molecule is Cc1ccc(-c2nc3nc(C)cc(N4CCN(Cc5ccccc5)CC4)n3n2)cc1. The minimum atomic E-state index is 0.660. The van der Waals surface area contributed by atoms with Gasteiger partial charge in [-0.2, -0.15) is 9.50 Å². The predicted octanol–water partition coefficient (Wildman–Crippen LogP) is 3.73. The Labute approximate surface area is 176 Å². The molecule has 5 rings (SSSR count). The summed E-state index contributed by atoms with van der Waals surface area (Å²) in [6.45, 7) is 9.09. The van der Waals surface area contributed by atoms with Crippen molar-refractivity contribution in [3.05, 3.63) is 77.5 Å². The van der Waals surface area contributed by atoms with Gasteiger partial charge in [-0.15, -0.1) is 5.10 Å². The molecule has 0 spiro atoms. The molecule has 0 aliphatic carbocycles. The highest BCUT2D eigenvalue weighted by atomic mass is 15.4. The van der Waals surface area contributed by atoms with E-state index in [1.807, 2.05) is 11.4 Å². The zero-order valence-corrected chi connectivity index (χ0v) is 17.5. The van der Waals surface area contributed by atoms with Crippen LogP contribution in [0.15, 0.2) is 60.7 Å². The zero-order valence-electron chi connectivity index (χ0n) is 17.5. The molecular formula is C24H26N6. The first-order chi connectivity index (χ1) is 14.7. The molecule has 1 aliphatic heterocycles. The second-order valence-electron chi connectivity index (χ2n) is 8.02. The van der Waals surface area contributed by atoms with Crippen molar-refractivity contribution in [2.24, 2.45) is 0 Å². The molecule has 0 bridgehead atoms. The Hall–Kier alpha value is -3.25. The topological polar surface area (TPSA) is 49.6 Å². The molecule has 1 fully saturated rings. The van der Waals surface area contributed by atoms with Gasteiger partial charge in [0.15, 0.2) is 5.82 Å². The van der Waals surface area contributed by atoms with Gasteiger partial charge >= 0.3 is 0 Å². The highest BCUT2D eigenvalue weighted by Crippen LogP contribution is 2.22. The molecule has 0 atom stereocenters. The van der Waals surface area contributed by atoms with Crippen LogP contribution in [0.3, 0.4) is 0 Å². The van der Waals surface area contributed by atoms with Crippen LogP contribution in [-0.4, -0.2) is 50.7 Å². The summed E-state index contributed by atoms with van der Waals surface area (Å²) in [5.41, 5.74) is 4.58. The Kier molecular flexibility index (Phi) is 4.93. The van der Waals surface area contributed by atoms with Crippen LogP contribution in [0.4, 0.5) is 5.82 Å². The van der Waals surface area contributed by atoms with Gasteiger partial charge in [0.2, 0.25) is 0 Å². The normalized spacial score (nSPS) is 15.1. The van der Waals surface area contributed by atoms with E-state index in [0.29, 0.717) is 5.78 Å². The van der Waals surface area contributed by atoms with E-state index < -0.39 is 0 Å². The van der Waals surface area contributed by atoms with Crippen LogP contribution in [-0.2, 0) is 6.54 Å². The first kappa shape index (κ1) is 18.8. The Morgan fingerprint density at radius 3 is 2.30 bits per heavy atom. The molecule has 4 aromatic rings. The Morgan fingerprint density at radius 2 is 1.57 bits per heavy atom. The van der Waals surface area contributed by atoms with E-state index >= 15 is 0 Å². The van der Waals surface area contributed by atoms with E-state index in [2.05, 4.69) is 82.4 Å². The van der Waals surface area contributed by atoms with Crippen LogP contribution in [0.25, 0.3) is 17.2 Å². The smallest absolute Gasteiger partial charge is 0.254 e. The Balaban J connectivity index is 1.38. The van der Waals surface area contributed by atoms with Crippen LogP contribution >= 0.6 is 0 Å². The summed E-state index contributed by atoms with van der Waals surface area (Å²) in [7, 11) is 0. The van der Waals surface area contributed by atoms with Gasteiger partial charge in [-0.1, -0.05) is 60.2 Å². The van der Waals surface area contributed by atoms with E-state index in [0.717, 1.165) is 55.6 Å². The van der Waals surface area contributed by atoms with Crippen LogP contribution < -0.4 is 4.90 Å². The number of benzene rings is 2. The van der Waals surface area contributed by atoms with Gasteiger partial charge in [0.1, 0.15) is 5.82 Å². The van der Waals surface area contributed by atoms with Gasteiger partial charge in [-0.25, -0.2) is 4.98 Å². The third-order valence-corrected chi connectivity index (χ3v) is 5.68. The summed E-state index contributed by atoms with van der Waals surface area (Å²) >= 11 is 0. The van der Waals surface area contributed by atoms with Gasteiger partial charge < -0.3 is 4.90 Å². The molecule has 6 nitrogen and oxygen atoms in total. The minimum absolute atomic E-state index is 0.660. The van der Waals surface area contributed by atoms with E-state index in [1.165, 1.54) is 11.1 Å². The third-order valence-electron chi connectivity index (χ3n) is 5.68. The number of anilines is 1. The molecule has 0 unspecified atom stereocenters. The first-order valence-electron chi connectivity index (χ1n) is 10.5. The average Bonchev–Trinajstić information content (AvgIpc) is 3.19. The lowest BCUT2D eigenvalue weighted by Crippen LogP contribution is -2.46. The van der Waals surface area contributed by atoms with Crippen molar-refractivity contribution < 1.29 is 0 Å². The molecule has 1 saturated heterocycles. The Morgan fingerprint density at radius 1 is 0.833 bits per heavy atom. The molecule has 0 radical (unpaired) electrons. The highest BCUT2D eigenvalue weighted by Gasteiger charge is 2.21. The third kappa shape index (κ3) is 3.78. The fraction of sp³-hybridized carbons (Fsp3) is 0.292. The van der Waals surface area contributed by atoms with Crippen molar-refractivity contribution in [2.45, 2.75) is 20.4 Å². The lowest BCUT2D eigenvalue weighted by atomic mass is 10.1. The van der Waals surface area contributed by atoms with Gasteiger partial charge in [-0.05, 0) is 19.4 Å². The second kappa shape index (κ2) is 7.88. The van der Waals surface area contributed by atoms with Crippen molar-refractivity contribution in [3.8, 4) is 11.4 Å². The highest BCUT2D eigenvalue weighted by molar-refractivity contribution is 5.59. The summed E-state index contributed by atoms with van der Waals surface area (Å²) < 4.78 is 1.90. The second-order valence-corrected chi connectivity index (χ2v) is 8.02. The van der Waals surface area contributed by atoms with Crippen molar-refractivity contribution in [1.82, 2.24) is 24.5 Å². The van der Waals surface area contributed by atoms with E-state index in [-0.39, 0.29) is 0 Å². The van der Waals surface area contributed by atoms with Gasteiger partial charge in [0.25, 0.3) is 5.78 Å². The van der Waals surface area contributed by atoms with Gasteiger partial charge in [0, 0.05) is 50.0 Å². The average molecular weight is 399 g/mol. The van der Waals surface area contributed by atoms with Crippen molar-refractivity contribution in [1.29, 1.82) is 0 Å². The van der Waals surface area contributed by atoms with E-state index in [4.69, 9.17) is 10.1 Å². The Bertz CT molecular complexity index is 1140. The van der Waals surface area contributed by atoms with Crippen LogP contribution in [0, 0.1) is 13.8 Å². The quantitative estimate of drug-likeness (QED) is 0.524. The summed E-state index contributed by atoms with van der Waals surface area (Å²) in [5.74, 6) is 2.45. The van der Waals surface area contributed by atoms with Crippen LogP contribution in [0.2, 0.25) is 0 Å². The summed E-state index contributed by atoms with van der Waals surface area (Å²) in [6, 6.07) is 21.1. The number of hydrogen-bond donors (Lipinski definition) is 0. The van der Waals surface area contributed by atoms with Crippen LogP contribution in [0.1, 0.15) is 16.8 Å². The predicted molar refractivity (Wildman–Crippen MR) is 120 cm³/mol. The molecular weight excluding hydrogens is 372 g/mol. The maximum Gasteiger partial charge on any atom is 0.254 e. The number of rotatable bonds is 4. The summed E-state index contributed by atoms with van der Waals surface area (Å²) in [6.07, 6.45) is 0.